The molecule has 0 atom stereocenters. The molecule has 2 aliphatic rings. The van der Waals surface area contributed by atoms with Gasteiger partial charge in [0.05, 0.1) is 22.4 Å². The van der Waals surface area contributed by atoms with Crippen LogP contribution in [-0.4, -0.2) is 14.4 Å². The van der Waals surface area contributed by atoms with E-state index in [4.69, 9.17) is 9.97 Å². The van der Waals surface area contributed by atoms with Crippen molar-refractivity contribution in [3.63, 3.8) is 0 Å². The Labute approximate surface area is 263 Å². The van der Waals surface area contributed by atoms with Gasteiger partial charge in [0.25, 0.3) is 0 Å². The lowest BCUT2D eigenvalue weighted by Crippen LogP contribution is -2.14. The molecule has 2 aliphatic carbocycles. The van der Waals surface area contributed by atoms with Crippen LogP contribution in [0, 0.1) is 0 Å². The maximum absolute atomic E-state index is 5.32. The standard InChI is InChI=1S/C41H27N3S/c1-41(2)29-11-5-3-9-24(29)26-19-22(15-16-30(26)41)23-20-27-36-33(17-18-35-37(36)25-10-4-8-14-34(25)45-35)44-39(27)28(21-23)38-40(44)43-32-13-7-6-12-31(32)42-38/h3-5,7-11,13-21H,6,12H2,1-2H3. The van der Waals surface area contributed by atoms with Crippen LogP contribution in [0.15, 0.2) is 97.1 Å². The summed E-state index contributed by atoms with van der Waals surface area (Å²) in [5.74, 6) is 0. The van der Waals surface area contributed by atoms with Crippen molar-refractivity contribution in [2.75, 3.05) is 0 Å². The Morgan fingerprint density at radius 3 is 2.51 bits per heavy atom. The molecule has 0 unspecified atom stereocenters. The monoisotopic (exact) mass is 593 g/mol. The molecule has 4 heteroatoms. The maximum Gasteiger partial charge on any atom is 0.165 e. The number of hydrogen-bond donors (Lipinski definition) is 0. The largest absolute Gasteiger partial charge is 0.291 e. The Bertz CT molecular complexity index is 2790. The topological polar surface area (TPSA) is 30.2 Å². The van der Waals surface area contributed by atoms with Crippen LogP contribution in [0.3, 0.4) is 0 Å². The first-order chi connectivity index (χ1) is 22.1. The molecule has 3 nitrogen and oxygen atoms in total. The molecular formula is C41H27N3S. The van der Waals surface area contributed by atoms with E-state index in [2.05, 4.69) is 121 Å². The molecule has 11 rings (SSSR count). The third-order valence-corrected chi connectivity index (χ3v) is 11.7. The van der Waals surface area contributed by atoms with Gasteiger partial charge >= 0.3 is 0 Å². The van der Waals surface area contributed by atoms with E-state index in [1.165, 1.54) is 80.7 Å². The fourth-order valence-electron chi connectivity index (χ4n) is 8.46. The van der Waals surface area contributed by atoms with E-state index < -0.39 is 0 Å². The van der Waals surface area contributed by atoms with E-state index in [9.17, 15) is 0 Å². The number of fused-ring (bicyclic) bond motifs is 14. The van der Waals surface area contributed by atoms with Crippen LogP contribution in [0.5, 0.6) is 0 Å². The van der Waals surface area contributed by atoms with Crippen molar-refractivity contribution in [3.05, 3.63) is 120 Å². The normalized spacial score (nSPS) is 15.2. The summed E-state index contributed by atoms with van der Waals surface area (Å²) in [6.07, 6.45) is 6.33. The minimum absolute atomic E-state index is 0.0103. The summed E-state index contributed by atoms with van der Waals surface area (Å²) in [6, 6.07) is 34.3. The van der Waals surface area contributed by atoms with Crippen molar-refractivity contribution >= 4 is 75.9 Å². The van der Waals surface area contributed by atoms with Crippen LogP contribution in [0.25, 0.3) is 86.9 Å². The predicted octanol–water partition coefficient (Wildman–Crippen LogP) is 10.9. The van der Waals surface area contributed by atoms with Crippen LogP contribution < -0.4 is 0 Å². The molecule has 0 saturated heterocycles. The fraction of sp³-hybridized carbons (Fsp3) is 0.122. The third-order valence-electron chi connectivity index (χ3n) is 10.6. The Morgan fingerprint density at radius 2 is 1.56 bits per heavy atom. The van der Waals surface area contributed by atoms with Crippen LogP contribution in [0.1, 0.15) is 42.8 Å². The van der Waals surface area contributed by atoms with Gasteiger partial charge in [0.2, 0.25) is 0 Å². The molecule has 0 fully saturated rings. The van der Waals surface area contributed by atoms with Gasteiger partial charge in [0.1, 0.15) is 5.52 Å². The summed E-state index contributed by atoms with van der Waals surface area (Å²) in [7, 11) is 0. The molecule has 0 aliphatic heterocycles. The number of aryl methyl sites for hydroxylation is 1. The zero-order valence-electron chi connectivity index (χ0n) is 25.0. The highest BCUT2D eigenvalue weighted by molar-refractivity contribution is 7.26. The van der Waals surface area contributed by atoms with Crippen LogP contribution in [0.2, 0.25) is 0 Å². The van der Waals surface area contributed by atoms with Crippen molar-refractivity contribution in [3.8, 4) is 22.3 Å². The first-order valence-electron chi connectivity index (χ1n) is 15.8. The lowest BCUT2D eigenvalue weighted by atomic mass is 9.82. The van der Waals surface area contributed by atoms with Crippen molar-refractivity contribution < 1.29 is 0 Å². The van der Waals surface area contributed by atoms with Gasteiger partial charge in [-0.3, -0.25) is 4.40 Å². The molecular weight excluding hydrogens is 567 g/mol. The van der Waals surface area contributed by atoms with E-state index in [1.54, 1.807) is 0 Å². The third kappa shape index (κ3) is 2.96. The zero-order valence-corrected chi connectivity index (χ0v) is 25.8. The number of thiophene rings is 1. The molecule has 0 bridgehead atoms. The zero-order chi connectivity index (χ0) is 29.6. The van der Waals surface area contributed by atoms with Crippen molar-refractivity contribution in [2.45, 2.75) is 32.1 Å². The number of allylic oxidation sites excluding steroid dienone is 1. The van der Waals surface area contributed by atoms with Gasteiger partial charge in [-0.15, -0.1) is 11.3 Å². The summed E-state index contributed by atoms with van der Waals surface area (Å²) < 4.78 is 5.04. The smallest absolute Gasteiger partial charge is 0.165 e. The summed E-state index contributed by atoms with van der Waals surface area (Å²) in [4.78, 5) is 10.6. The Hall–Kier alpha value is -5.06. The second-order valence-electron chi connectivity index (χ2n) is 13.3. The fourth-order valence-corrected chi connectivity index (χ4v) is 9.57. The van der Waals surface area contributed by atoms with Crippen molar-refractivity contribution in [1.82, 2.24) is 14.4 Å². The van der Waals surface area contributed by atoms with Crippen LogP contribution in [0.4, 0.5) is 0 Å². The minimum Gasteiger partial charge on any atom is -0.291 e. The van der Waals surface area contributed by atoms with Crippen molar-refractivity contribution in [2.24, 2.45) is 0 Å². The van der Waals surface area contributed by atoms with Crippen molar-refractivity contribution in [1.29, 1.82) is 0 Å². The highest BCUT2D eigenvalue weighted by atomic mass is 32.1. The summed E-state index contributed by atoms with van der Waals surface area (Å²) in [5.41, 5.74) is 14.5. The number of benzene rings is 5. The van der Waals surface area contributed by atoms with E-state index in [-0.39, 0.29) is 5.41 Å². The molecule has 4 heterocycles. The predicted molar refractivity (Wildman–Crippen MR) is 190 cm³/mol. The van der Waals surface area contributed by atoms with Crippen LogP contribution >= 0.6 is 11.3 Å². The van der Waals surface area contributed by atoms with E-state index in [1.807, 2.05) is 11.3 Å². The van der Waals surface area contributed by atoms with Gasteiger partial charge in [-0.25, -0.2) is 9.97 Å². The number of nitrogens with zero attached hydrogens (tertiary/aromatic N) is 3. The summed E-state index contributed by atoms with van der Waals surface area (Å²) in [5, 5.41) is 6.45. The van der Waals surface area contributed by atoms with Crippen LogP contribution in [-0.2, 0) is 11.8 Å². The van der Waals surface area contributed by atoms with Gasteiger partial charge in [-0.1, -0.05) is 74.5 Å². The SMILES string of the molecule is CC1(C)c2ccccc2-c2cc(-c3cc4c5nc6c(nc5n5c7ccc8sc9ccccc9c8c7c(c3)c45)C=CCC6)ccc21. The molecule has 0 spiro atoms. The van der Waals surface area contributed by atoms with Gasteiger partial charge in [-0.2, -0.15) is 0 Å². The molecule has 212 valence electrons. The van der Waals surface area contributed by atoms with Gasteiger partial charge < -0.3 is 0 Å². The number of aromatic nitrogens is 3. The lowest BCUT2D eigenvalue weighted by Gasteiger charge is -2.21. The highest BCUT2D eigenvalue weighted by Gasteiger charge is 2.35. The molecule has 5 aromatic carbocycles. The molecule has 4 aromatic heterocycles. The minimum atomic E-state index is -0.0103. The molecule has 45 heavy (non-hydrogen) atoms. The van der Waals surface area contributed by atoms with E-state index in [0.29, 0.717) is 0 Å². The van der Waals surface area contributed by atoms with Gasteiger partial charge in [0.15, 0.2) is 5.65 Å². The Morgan fingerprint density at radius 1 is 0.711 bits per heavy atom. The maximum atomic E-state index is 5.32. The summed E-state index contributed by atoms with van der Waals surface area (Å²) in [6.45, 7) is 4.70. The number of rotatable bonds is 1. The average molecular weight is 594 g/mol. The highest BCUT2D eigenvalue weighted by Crippen LogP contribution is 2.51. The lowest BCUT2D eigenvalue weighted by molar-refractivity contribution is 0.660. The molecule has 0 amide bonds. The second kappa shape index (κ2) is 8.15. The first kappa shape index (κ1) is 24.3. The second-order valence-corrected chi connectivity index (χ2v) is 14.4. The summed E-state index contributed by atoms with van der Waals surface area (Å²) >= 11 is 1.88. The molecule has 0 saturated carbocycles. The number of hydrogen-bond acceptors (Lipinski definition) is 3. The Balaban J connectivity index is 1.30. The van der Waals surface area contributed by atoms with E-state index in [0.717, 1.165) is 35.4 Å². The molecule has 0 N–H and O–H groups in total. The molecule has 9 aromatic rings. The molecule has 0 radical (unpaired) electrons. The Kier molecular flexibility index (Phi) is 4.40. The average Bonchev–Trinajstić information content (AvgIpc) is 3.77. The first-order valence-corrected chi connectivity index (χ1v) is 16.6. The van der Waals surface area contributed by atoms with Gasteiger partial charge in [-0.05, 0) is 88.7 Å². The van der Waals surface area contributed by atoms with Gasteiger partial charge in [0, 0.05) is 41.7 Å². The van der Waals surface area contributed by atoms with E-state index >= 15 is 0 Å². The quantitative estimate of drug-likeness (QED) is 0.190.